The first-order valence-electron chi connectivity index (χ1n) is 6.47. The fraction of sp³-hybridized carbons (Fsp3) is 1.00. The van der Waals surface area contributed by atoms with Crippen LogP contribution in [-0.2, 0) is 0 Å². The second kappa shape index (κ2) is 5.31. The Morgan fingerprint density at radius 3 is 2.20 bits per heavy atom. The van der Waals surface area contributed by atoms with E-state index in [1.165, 1.54) is 25.7 Å². The zero-order chi connectivity index (χ0) is 11.5. The van der Waals surface area contributed by atoms with E-state index in [1.54, 1.807) is 0 Å². The molecule has 0 aliphatic heterocycles. The van der Waals surface area contributed by atoms with Gasteiger partial charge >= 0.3 is 0 Å². The van der Waals surface area contributed by atoms with Crippen LogP contribution in [0.5, 0.6) is 0 Å². The van der Waals surface area contributed by atoms with E-state index in [4.69, 9.17) is 5.73 Å². The molecule has 1 fully saturated rings. The van der Waals surface area contributed by atoms with Crippen molar-refractivity contribution in [3.8, 4) is 0 Å². The lowest BCUT2D eigenvalue weighted by Crippen LogP contribution is -2.54. The molecule has 0 saturated heterocycles. The summed E-state index contributed by atoms with van der Waals surface area (Å²) in [5.74, 6) is 1.77. The SMILES string of the molecule is CCN(C)C1(CN)CCC(C(C)C)CC1. The zero-order valence-electron chi connectivity index (χ0n) is 10.9. The van der Waals surface area contributed by atoms with Crippen LogP contribution >= 0.6 is 0 Å². The van der Waals surface area contributed by atoms with Crippen LogP contribution in [0.3, 0.4) is 0 Å². The second-order valence-corrected chi connectivity index (χ2v) is 5.52. The highest BCUT2D eigenvalue weighted by Gasteiger charge is 2.37. The van der Waals surface area contributed by atoms with Gasteiger partial charge in [-0.2, -0.15) is 0 Å². The van der Waals surface area contributed by atoms with Gasteiger partial charge in [-0.3, -0.25) is 4.90 Å². The maximum atomic E-state index is 5.99. The van der Waals surface area contributed by atoms with Crippen LogP contribution in [0.25, 0.3) is 0 Å². The topological polar surface area (TPSA) is 29.3 Å². The molecule has 0 unspecified atom stereocenters. The van der Waals surface area contributed by atoms with Crippen molar-refractivity contribution in [1.82, 2.24) is 4.90 Å². The molecule has 0 heterocycles. The number of nitrogens with two attached hydrogens (primary N) is 1. The predicted octanol–water partition coefficient (Wildman–Crippen LogP) is 2.48. The number of nitrogens with zero attached hydrogens (tertiary/aromatic N) is 1. The van der Waals surface area contributed by atoms with Gasteiger partial charge in [-0.25, -0.2) is 0 Å². The third-order valence-electron chi connectivity index (χ3n) is 4.57. The summed E-state index contributed by atoms with van der Waals surface area (Å²) in [4.78, 5) is 2.46. The highest BCUT2D eigenvalue weighted by molar-refractivity contribution is 4.94. The van der Waals surface area contributed by atoms with Gasteiger partial charge in [-0.1, -0.05) is 20.8 Å². The van der Waals surface area contributed by atoms with E-state index in [-0.39, 0.29) is 0 Å². The van der Waals surface area contributed by atoms with Crippen molar-refractivity contribution in [1.29, 1.82) is 0 Å². The summed E-state index contributed by atoms with van der Waals surface area (Å²) in [5, 5.41) is 0. The van der Waals surface area contributed by atoms with Crippen molar-refractivity contribution in [2.24, 2.45) is 17.6 Å². The lowest BCUT2D eigenvalue weighted by atomic mass is 9.72. The van der Waals surface area contributed by atoms with Crippen LogP contribution in [0.1, 0.15) is 46.5 Å². The molecule has 2 heteroatoms. The molecular formula is C13H28N2. The van der Waals surface area contributed by atoms with Gasteiger partial charge in [0.05, 0.1) is 0 Å². The molecule has 0 aromatic heterocycles. The first-order valence-corrected chi connectivity index (χ1v) is 6.47. The Morgan fingerprint density at radius 2 is 1.87 bits per heavy atom. The molecule has 2 nitrogen and oxygen atoms in total. The van der Waals surface area contributed by atoms with Crippen molar-refractivity contribution in [3.63, 3.8) is 0 Å². The number of hydrogen-bond acceptors (Lipinski definition) is 2. The minimum Gasteiger partial charge on any atom is -0.329 e. The maximum absolute atomic E-state index is 5.99. The molecule has 1 saturated carbocycles. The van der Waals surface area contributed by atoms with Crippen LogP contribution in [0.15, 0.2) is 0 Å². The van der Waals surface area contributed by atoms with Gasteiger partial charge in [0.15, 0.2) is 0 Å². The van der Waals surface area contributed by atoms with Gasteiger partial charge in [0.25, 0.3) is 0 Å². The smallest absolute Gasteiger partial charge is 0.0328 e. The van der Waals surface area contributed by atoms with Crippen molar-refractivity contribution in [3.05, 3.63) is 0 Å². The summed E-state index contributed by atoms with van der Waals surface area (Å²) in [6.45, 7) is 8.87. The van der Waals surface area contributed by atoms with Crippen LogP contribution in [0.4, 0.5) is 0 Å². The van der Waals surface area contributed by atoms with E-state index in [0.29, 0.717) is 5.54 Å². The van der Waals surface area contributed by atoms with Crippen molar-refractivity contribution >= 4 is 0 Å². The average Bonchev–Trinajstić information content (AvgIpc) is 2.27. The molecule has 0 spiro atoms. The fourth-order valence-electron chi connectivity index (χ4n) is 2.92. The summed E-state index contributed by atoms with van der Waals surface area (Å²) in [5.41, 5.74) is 6.30. The molecule has 90 valence electrons. The Balaban J connectivity index is 2.58. The van der Waals surface area contributed by atoms with E-state index >= 15 is 0 Å². The molecule has 0 bridgehead atoms. The average molecular weight is 212 g/mol. The van der Waals surface area contributed by atoms with Crippen LogP contribution in [0.2, 0.25) is 0 Å². The van der Waals surface area contributed by atoms with E-state index < -0.39 is 0 Å². The Kier molecular flexibility index (Phi) is 4.60. The van der Waals surface area contributed by atoms with Crippen LogP contribution < -0.4 is 5.73 Å². The van der Waals surface area contributed by atoms with Gasteiger partial charge in [-0.15, -0.1) is 0 Å². The van der Waals surface area contributed by atoms with Gasteiger partial charge in [-0.05, 0) is 51.1 Å². The first-order chi connectivity index (χ1) is 7.05. The van der Waals surface area contributed by atoms with E-state index in [1.807, 2.05) is 0 Å². The molecule has 1 rings (SSSR count). The standard InChI is InChI=1S/C13H28N2/c1-5-15(4)13(10-14)8-6-12(7-9-13)11(2)3/h11-12H,5-10,14H2,1-4H3. The first kappa shape index (κ1) is 13.0. The molecule has 1 aliphatic rings. The van der Waals surface area contributed by atoms with E-state index in [0.717, 1.165) is 24.9 Å². The number of hydrogen-bond donors (Lipinski definition) is 1. The summed E-state index contributed by atoms with van der Waals surface area (Å²) in [7, 11) is 2.22. The third kappa shape index (κ3) is 2.73. The van der Waals surface area contributed by atoms with Crippen molar-refractivity contribution in [2.45, 2.75) is 52.0 Å². The molecular weight excluding hydrogens is 184 g/mol. The van der Waals surface area contributed by atoms with Gasteiger partial charge < -0.3 is 5.73 Å². The summed E-state index contributed by atoms with van der Waals surface area (Å²) >= 11 is 0. The van der Waals surface area contributed by atoms with Gasteiger partial charge in [0.1, 0.15) is 0 Å². The minimum absolute atomic E-state index is 0.306. The highest BCUT2D eigenvalue weighted by Crippen LogP contribution is 2.38. The fourth-order valence-corrected chi connectivity index (χ4v) is 2.92. The Bertz CT molecular complexity index is 181. The molecule has 0 radical (unpaired) electrons. The predicted molar refractivity (Wildman–Crippen MR) is 66.9 cm³/mol. The van der Waals surface area contributed by atoms with Crippen molar-refractivity contribution < 1.29 is 0 Å². The molecule has 0 atom stereocenters. The maximum Gasteiger partial charge on any atom is 0.0328 e. The van der Waals surface area contributed by atoms with E-state index in [2.05, 4.69) is 32.7 Å². The molecule has 15 heavy (non-hydrogen) atoms. The Morgan fingerprint density at radius 1 is 1.33 bits per heavy atom. The molecule has 0 aromatic carbocycles. The second-order valence-electron chi connectivity index (χ2n) is 5.52. The third-order valence-corrected chi connectivity index (χ3v) is 4.57. The number of rotatable bonds is 4. The van der Waals surface area contributed by atoms with Gasteiger partial charge in [0.2, 0.25) is 0 Å². The lowest BCUT2D eigenvalue weighted by Gasteiger charge is -2.46. The number of likely N-dealkylation sites (N-methyl/N-ethyl adjacent to an activating group) is 1. The largest absolute Gasteiger partial charge is 0.329 e. The summed E-state index contributed by atoms with van der Waals surface area (Å²) in [6, 6.07) is 0. The Labute approximate surface area is 95.2 Å². The monoisotopic (exact) mass is 212 g/mol. The summed E-state index contributed by atoms with van der Waals surface area (Å²) in [6.07, 6.45) is 5.30. The van der Waals surface area contributed by atoms with Crippen molar-refractivity contribution in [2.75, 3.05) is 20.1 Å². The quantitative estimate of drug-likeness (QED) is 0.776. The lowest BCUT2D eigenvalue weighted by molar-refractivity contribution is 0.0597. The molecule has 0 amide bonds. The normalized spacial score (nSPS) is 32.6. The molecule has 2 N–H and O–H groups in total. The Hall–Kier alpha value is -0.0800. The summed E-state index contributed by atoms with van der Waals surface area (Å²) < 4.78 is 0. The van der Waals surface area contributed by atoms with E-state index in [9.17, 15) is 0 Å². The molecule has 1 aliphatic carbocycles. The highest BCUT2D eigenvalue weighted by atomic mass is 15.2. The minimum atomic E-state index is 0.306. The zero-order valence-corrected chi connectivity index (χ0v) is 10.9. The van der Waals surface area contributed by atoms with Crippen LogP contribution in [-0.4, -0.2) is 30.6 Å². The molecule has 0 aromatic rings. The van der Waals surface area contributed by atoms with Gasteiger partial charge in [0, 0.05) is 12.1 Å². The van der Waals surface area contributed by atoms with Crippen LogP contribution in [0, 0.1) is 11.8 Å².